The van der Waals surface area contributed by atoms with E-state index in [0.29, 0.717) is 0 Å². The van der Waals surface area contributed by atoms with Crippen LogP contribution in [-0.2, 0) is 10.4 Å². The van der Waals surface area contributed by atoms with Gasteiger partial charge in [0, 0.05) is 66.5 Å². The Morgan fingerprint density at radius 2 is 1.10 bits per heavy atom. The number of aromatic nitrogens is 2. The molecule has 0 aliphatic heterocycles. The summed E-state index contributed by atoms with van der Waals surface area (Å²) in [7, 11) is -5.17. The van der Waals surface area contributed by atoms with E-state index >= 15 is 0 Å². The molecule has 0 amide bonds. The Balaban J connectivity index is -0.000000225. The first-order valence-electron chi connectivity index (χ1n) is 4.70. The Morgan fingerprint density at radius 1 is 0.810 bits per heavy atom. The number of H-pyrrole nitrogens is 2. The number of halogens is 4. The normalized spacial score (nSPS) is 8.57. The Labute approximate surface area is 160 Å². The van der Waals surface area contributed by atoms with Crippen molar-refractivity contribution in [2.45, 2.75) is 0 Å². The molecule has 0 bridgehead atoms. The molecule has 0 fully saturated rings. The SMILES string of the molecule is Brc1cccc[nH+]1.Brc1cccc[nH+]1.O=S(=O)([O-])[O-].[Br-].[Br-]. The third-order valence-corrected chi connectivity index (χ3v) is 2.33. The molecule has 0 spiro atoms. The summed E-state index contributed by atoms with van der Waals surface area (Å²) in [6.07, 6.45) is 3.73. The van der Waals surface area contributed by atoms with Gasteiger partial charge in [0.05, 0.1) is 0 Å². The molecule has 0 atom stereocenters. The van der Waals surface area contributed by atoms with E-state index < -0.39 is 10.4 Å². The smallest absolute Gasteiger partial charge is 0.246 e. The average molecular weight is 574 g/mol. The fraction of sp³-hybridized carbons (Fsp3) is 0. The van der Waals surface area contributed by atoms with Crippen LogP contribution in [0.3, 0.4) is 0 Å². The first kappa shape index (κ1) is 26.0. The van der Waals surface area contributed by atoms with Crippen LogP contribution in [0.1, 0.15) is 0 Å². The van der Waals surface area contributed by atoms with Crippen molar-refractivity contribution in [1.29, 1.82) is 0 Å². The number of rotatable bonds is 0. The summed E-state index contributed by atoms with van der Waals surface area (Å²) < 4.78 is 36.1. The summed E-state index contributed by atoms with van der Waals surface area (Å²) in [4.78, 5) is 5.90. The van der Waals surface area contributed by atoms with Crippen LogP contribution in [0.15, 0.2) is 58.0 Å². The van der Waals surface area contributed by atoms with Crippen molar-refractivity contribution in [3.63, 3.8) is 0 Å². The van der Waals surface area contributed by atoms with Gasteiger partial charge in [0.2, 0.25) is 9.21 Å². The molecule has 11 heteroatoms. The summed E-state index contributed by atoms with van der Waals surface area (Å²) >= 11 is 6.51. The van der Waals surface area contributed by atoms with Crippen LogP contribution in [0.2, 0.25) is 0 Å². The van der Waals surface area contributed by atoms with Crippen molar-refractivity contribution in [1.82, 2.24) is 0 Å². The van der Waals surface area contributed by atoms with Crippen molar-refractivity contribution in [2.75, 3.05) is 0 Å². The maximum atomic E-state index is 8.52. The summed E-state index contributed by atoms with van der Waals surface area (Å²) in [5.74, 6) is 0. The van der Waals surface area contributed by atoms with Crippen molar-refractivity contribution in [3.8, 4) is 0 Å². The second-order valence-electron chi connectivity index (χ2n) is 2.83. The molecular weight excluding hydrogens is 564 g/mol. The van der Waals surface area contributed by atoms with Gasteiger partial charge in [0.15, 0.2) is 12.4 Å². The minimum Gasteiger partial charge on any atom is -1.00 e. The highest BCUT2D eigenvalue weighted by molar-refractivity contribution is 9.10. The van der Waals surface area contributed by atoms with Gasteiger partial charge in [-0.3, -0.25) is 8.42 Å². The lowest BCUT2D eigenvalue weighted by Gasteiger charge is -2.06. The summed E-state index contributed by atoms with van der Waals surface area (Å²) in [5, 5.41) is 0. The Hall–Kier alpha value is 0.0900. The summed E-state index contributed by atoms with van der Waals surface area (Å²) in [6.45, 7) is 0. The summed E-state index contributed by atoms with van der Waals surface area (Å²) in [5.41, 5.74) is 0. The molecule has 0 radical (unpaired) electrons. The lowest BCUT2D eigenvalue weighted by atomic mass is 10.5. The molecule has 6 nitrogen and oxygen atoms in total. The van der Waals surface area contributed by atoms with Crippen LogP contribution in [0.25, 0.3) is 0 Å². The van der Waals surface area contributed by atoms with Crippen LogP contribution in [0, 0.1) is 0 Å². The molecule has 21 heavy (non-hydrogen) atoms. The van der Waals surface area contributed by atoms with Crippen molar-refractivity contribution in [2.24, 2.45) is 0 Å². The lowest BCUT2D eigenvalue weighted by Crippen LogP contribution is -3.00. The minimum absolute atomic E-state index is 0. The van der Waals surface area contributed by atoms with Gasteiger partial charge in [-0.1, -0.05) is 0 Å². The van der Waals surface area contributed by atoms with E-state index in [1.54, 1.807) is 0 Å². The van der Waals surface area contributed by atoms with Gasteiger partial charge in [-0.15, -0.1) is 0 Å². The van der Waals surface area contributed by atoms with Crippen molar-refractivity contribution >= 4 is 42.3 Å². The average Bonchev–Trinajstić information content (AvgIpc) is 2.29. The largest absolute Gasteiger partial charge is 1.00 e. The number of hydrogen-bond donors (Lipinski definition) is 0. The minimum atomic E-state index is -5.17. The van der Waals surface area contributed by atoms with Gasteiger partial charge in [0.1, 0.15) is 0 Å². The predicted molar refractivity (Wildman–Crippen MR) is 71.9 cm³/mol. The highest BCUT2D eigenvalue weighted by Crippen LogP contribution is 1.96. The first-order chi connectivity index (χ1) is 8.79. The summed E-state index contributed by atoms with van der Waals surface area (Å²) in [6, 6.07) is 11.7. The van der Waals surface area contributed by atoms with Crippen molar-refractivity contribution in [3.05, 3.63) is 58.0 Å². The third kappa shape index (κ3) is 25.4. The topological polar surface area (TPSA) is 109 Å². The number of aromatic amines is 2. The van der Waals surface area contributed by atoms with Crippen LogP contribution in [0.5, 0.6) is 0 Å². The van der Waals surface area contributed by atoms with Crippen LogP contribution in [-0.4, -0.2) is 17.5 Å². The molecule has 0 saturated carbocycles. The van der Waals surface area contributed by atoms with E-state index in [1.807, 2.05) is 48.8 Å². The molecule has 2 aromatic rings. The molecule has 2 rings (SSSR count). The Kier molecular flexibility index (Phi) is 18.6. The maximum absolute atomic E-state index is 8.52. The Bertz CT molecular complexity index is 512. The monoisotopic (exact) mass is 570 g/mol. The molecule has 2 heterocycles. The fourth-order valence-corrected chi connectivity index (χ4v) is 1.31. The second-order valence-corrected chi connectivity index (χ2v) is 5.35. The van der Waals surface area contributed by atoms with Crippen LogP contribution >= 0.6 is 31.9 Å². The van der Waals surface area contributed by atoms with Crippen LogP contribution in [0.4, 0.5) is 0 Å². The van der Waals surface area contributed by atoms with Gasteiger partial charge >= 0.3 is 0 Å². The third-order valence-electron chi connectivity index (χ3n) is 1.34. The molecule has 0 aliphatic rings. The number of nitrogens with one attached hydrogen (secondary N) is 2. The zero-order valence-corrected chi connectivity index (χ0v) is 17.3. The zero-order valence-electron chi connectivity index (χ0n) is 10.2. The number of hydrogen-bond acceptors (Lipinski definition) is 4. The molecule has 0 saturated heterocycles. The lowest BCUT2D eigenvalue weighted by molar-refractivity contribution is -0.392. The van der Waals surface area contributed by atoms with Gasteiger partial charge in [-0.25, -0.2) is 9.97 Å². The molecule has 0 aliphatic carbocycles. The van der Waals surface area contributed by atoms with Gasteiger partial charge in [-0.2, -0.15) is 0 Å². The molecule has 0 unspecified atom stereocenters. The second kappa shape index (κ2) is 15.0. The van der Waals surface area contributed by atoms with Crippen molar-refractivity contribution < 1.29 is 61.5 Å². The highest BCUT2D eigenvalue weighted by Gasteiger charge is 1.85. The van der Waals surface area contributed by atoms with Gasteiger partial charge in [0.25, 0.3) is 0 Å². The highest BCUT2D eigenvalue weighted by atomic mass is 79.9. The standard InChI is InChI=1S/2C5H4BrN.2BrH.H2O4S/c2*6-5-3-1-2-4-7-5;;;1-5(2,3)4/h2*1-4H;2*1H;(H2,1,2,3,4)/p-2. The molecule has 0 aromatic carbocycles. The maximum Gasteiger partial charge on any atom is 0.246 e. The molecule has 2 N–H and O–H groups in total. The van der Waals surface area contributed by atoms with E-state index in [9.17, 15) is 0 Å². The van der Waals surface area contributed by atoms with E-state index in [4.69, 9.17) is 17.5 Å². The predicted octanol–water partition coefficient (Wildman–Crippen LogP) is -4.80. The van der Waals surface area contributed by atoms with Gasteiger partial charge < -0.3 is 43.1 Å². The molecular formula is C10H10Br4N2O4S-2. The zero-order chi connectivity index (χ0) is 14.7. The van der Waals surface area contributed by atoms with E-state index in [1.165, 1.54) is 0 Å². The van der Waals surface area contributed by atoms with E-state index in [2.05, 4.69) is 41.8 Å². The van der Waals surface area contributed by atoms with Gasteiger partial charge in [-0.05, 0) is 12.1 Å². The van der Waals surface area contributed by atoms with E-state index in [-0.39, 0.29) is 34.0 Å². The first-order valence-corrected chi connectivity index (χ1v) is 7.62. The quantitative estimate of drug-likeness (QED) is 0.179. The molecule has 120 valence electrons. The molecule has 2 aromatic heterocycles. The number of pyridine rings is 2. The Morgan fingerprint density at radius 3 is 1.19 bits per heavy atom. The van der Waals surface area contributed by atoms with Crippen LogP contribution < -0.4 is 43.9 Å². The van der Waals surface area contributed by atoms with E-state index in [0.717, 1.165) is 9.21 Å². The fourth-order valence-electron chi connectivity index (χ4n) is 0.743.